The number of aromatic nitrogens is 1. The number of aliphatic hydroxyl groups is 1. The molecule has 1 aliphatic carbocycles. The van der Waals surface area contributed by atoms with Gasteiger partial charge in [0.25, 0.3) is 0 Å². The van der Waals surface area contributed by atoms with Crippen molar-refractivity contribution in [1.29, 1.82) is 0 Å². The van der Waals surface area contributed by atoms with Crippen molar-refractivity contribution >= 4 is 42.2 Å². The van der Waals surface area contributed by atoms with E-state index >= 15 is 8.78 Å². The lowest BCUT2D eigenvalue weighted by Crippen LogP contribution is -2.44. The zero-order valence-electron chi connectivity index (χ0n) is 32.4. The first kappa shape index (κ1) is 40.6. The molecule has 1 saturated carbocycles. The molecule has 0 bridgehead atoms. The molecule has 1 amide bonds. The fourth-order valence-electron chi connectivity index (χ4n) is 7.97. The predicted molar refractivity (Wildman–Crippen MR) is 215 cm³/mol. The molecule has 1 unspecified atom stereocenters. The number of fused-ring (bicyclic) bond motifs is 5. The lowest BCUT2D eigenvalue weighted by atomic mass is 10.0. The van der Waals surface area contributed by atoms with E-state index in [1.807, 2.05) is 36.4 Å². The zero-order valence-corrected chi connectivity index (χ0v) is 33.3. The second-order valence-electron chi connectivity index (χ2n) is 15.3. The molecular weight excluding hydrogens is 819 g/mol. The standard InChI is InChI=1S/C43H40F2N3O12P/c44-34-16-29(47-18-31(60-43(47)53)24-59-61(54,57-20-25-7-3-1-4-8-25)58-21-26-9-5-2-6-10-26)13-14-36(34)55-22-27-15-30-23-56-40-37-32(17-35(45)38(40)48(30)41(27)50)39(49)33(42(51)52)19-46(37)28-11-12-28/h1-10,13-14,16-17,19,27-28,30-31,41,50H,11-12,15,18,20-24H2,(H,51,52)/t27-,30-,31+,41?/m0/s1. The number of carbonyl (C=O) groups is 2. The fraction of sp³-hybridized carbons (Fsp3) is 0.326. The number of nitrogens with zero attached hydrogens (tertiary/aromatic N) is 3. The Labute approximate surface area is 347 Å². The van der Waals surface area contributed by atoms with E-state index in [9.17, 15) is 29.2 Å². The van der Waals surface area contributed by atoms with Gasteiger partial charge in [-0.3, -0.25) is 23.3 Å². The van der Waals surface area contributed by atoms with E-state index in [1.54, 1.807) is 28.8 Å². The summed E-state index contributed by atoms with van der Waals surface area (Å²) in [4.78, 5) is 40.6. The maximum absolute atomic E-state index is 15.9. The summed E-state index contributed by atoms with van der Waals surface area (Å²) in [6.07, 6.45) is 0.0998. The molecule has 1 aromatic heterocycles. The molecule has 9 rings (SSSR count). The van der Waals surface area contributed by atoms with E-state index in [2.05, 4.69) is 0 Å². The summed E-state index contributed by atoms with van der Waals surface area (Å²) in [6, 6.07) is 22.4. The van der Waals surface area contributed by atoms with Gasteiger partial charge in [0, 0.05) is 24.2 Å². The average Bonchev–Trinajstić information content (AvgIpc) is 3.97. The number of cyclic esters (lactones) is 1. The largest absolute Gasteiger partial charge is 0.490 e. The Morgan fingerprint density at radius 3 is 2.20 bits per heavy atom. The molecule has 4 atom stereocenters. The number of amides is 1. The van der Waals surface area contributed by atoms with Gasteiger partial charge in [-0.15, -0.1) is 0 Å². The zero-order chi connectivity index (χ0) is 42.4. The minimum atomic E-state index is -4.16. The third-order valence-electron chi connectivity index (χ3n) is 11.2. The van der Waals surface area contributed by atoms with E-state index in [1.165, 1.54) is 28.1 Å². The molecule has 2 saturated heterocycles. The molecule has 4 heterocycles. The van der Waals surface area contributed by atoms with Crippen LogP contribution in [-0.4, -0.2) is 71.6 Å². The van der Waals surface area contributed by atoms with Crippen LogP contribution in [0.25, 0.3) is 10.9 Å². The van der Waals surface area contributed by atoms with Gasteiger partial charge in [0.1, 0.15) is 30.2 Å². The number of carboxylic acid groups (broad SMARTS) is 1. The number of anilines is 2. The number of hydrogen-bond donors (Lipinski definition) is 2. The normalized spacial score (nSPS) is 20.9. The quantitative estimate of drug-likeness (QED) is 0.101. The van der Waals surface area contributed by atoms with E-state index in [4.69, 9.17) is 27.8 Å². The van der Waals surface area contributed by atoms with Gasteiger partial charge in [-0.05, 0) is 48.6 Å². The Morgan fingerprint density at radius 2 is 1.56 bits per heavy atom. The van der Waals surface area contributed by atoms with Crippen molar-refractivity contribution in [3.05, 3.63) is 130 Å². The van der Waals surface area contributed by atoms with Crippen LogP contribution in [0.2, 0.25) is 0 Å². The fourth-order valence-corrected chi connectivity index (χ4v) is 9.16. The first-order chi connectivity index (χ1) is 29.5. The van der Waals surface area contributed by atoms with Crippen molar-refractivity contribution in [3.8, 4) is 11.5 Å². The lowest BCUT2D eigenvalue weighted by molar-refractivity contribution is 0.0596. The van der Waals surface area contributed by atoms with Crippen molar-refractivity contribution in [3.63, 3.8) is 0 Å². The number of aromatic carboxylic acids is 1. The summed E-state index contributed by atoms with van der Waals surface area (Å²) in [5.41, 5.74) is 0.558. The van der Waals surface area contributed by atoms with E-state index in [0.29, 0.717) is 6.42 Å². The highest BCUT2D eigenvalue weighted by Gasteiger charge is 2.47. The first-order valence-electron chi connectivity index (χ1n) is 19.7. The highest BCUT2D eigenvalue weighted by atomic mass is 31.2. The van der Waals surface area contributed by atoms with Gasteiger partial charge in [-0.2, -0.15) is 0 Å². The Morgan fingerprint density at radius 1 is 0.869 bits per heavy atom. The van der Waals surface area contributed by atoms with Crippen LogP contribution in [0.3, 0.4) is 0 Å². The molecule has 0 radical (unpaired) electrons. The Hall–Kier alpha value is -5.84. The molecule has 3 fully saturated rings. The second kappa shape index (κ2) is 16.6. The van der Waals surface area contributed by atoms with Crippen molar-refractivity contribution in [2.75, 3.05) is 36.2 Å². The molecule has 4 aromatic carbocycles. The van der Waals surface area contributed by atoms with E-state index in [-0.39, 0.29) is 79.4 Å². The number of aliphatic hydroxyl groups excluding tert-OH is 1. The molecule has 318 valence electrons. The molecular formula is C43H40F2N3O12P. The Kier molecular flexibility index (Phi) is 11.0. The topological polar surface area (TPSA) is 176 Å². The van der Waals surface area contributed by atoms with Crippen molar-refractivity contribution in [1.82, 2.24) is 4.57 Å². The minimum absolute atomic E-state index is 0.0403. The number of rotatable bonds is 15. The van der Waals surface area contributed by atoms with Crippen molar-refractivity contribution < 1.29 is 60.9 Å². The SMILES string of the molecule is O=C(O)c1cn(C2CC2)c2c3c(c(F)cc2c1=O)N1C(O)[C@H](COc2ccc(N4C[C@H](COP(=O)(OCc5ccccc5)OCc5ccccc5)OC4=O)cc2F)C[C@H]1CO3. The highest BCUT2D eigenvalue weighted by molar-refractivity contribution is 7.48. The van der Waals surface area contributed by atoms with Gasteiger partial charge in [-0.25, -0.2) is 22.9 Å². The monoisotopic (exact) mass is 859 g/mol. The number of phosphoric acid groups is 1. The van der Waals surface area contributed by atoms with E-state index < -0.39 is 66.8 Å². The van der Waals surface area contributed by atoms with Gasteiger partial charge >= 0.3 is 19.9 Å². The summed E-state index contributed by atoms with van der Waals surface area (Å²) in [7, 11) is -4.16. The van der Waals surface area contributed by atoms with Crippen LogP contribution in [0.1, 0.15) is 46.8 Å². The third kappa shape index (κ3) is 8.19. The number of carboxylic acids is 1. The molecule has 0 spiro atoms. The van der Waals surface area contributed by atoms with Crippen LogP contribution in [0, 0.1) is 17.6 Å². The maximum atomic E-state index is 15.9. The van der Waals surface area contributed by atoms with Crippen LogP contribution in [0.4, 0.5) is 25.0 Å². The van der Waals surface area contributed by atoms with Crippen LogP contribution < -0.4 is 24.7 Å². The second-order valence-corrected chi connectivity index (χ2v) is 17.0. The van der Waals surface area contributed by atoms with Crippen LogP contribution >= 0.6 is 7.82 Å². The number of ether oxygens (including phenoxy) is 3. The Bertz CT molecular complexity index is 2550. The molecule has 2 N–H and O–H groups in total. The molecule has 18 heteroatoms. The van der Waals surface area contributed by atoms with Crippen LogP contribution in [-0.2, 0) is 36.1 Å². The molecule has 15 nitrogen and oxygen atoms in total. The van der Waals surface area contributed by atoms with Gasteiger partial charge < -0.3 is 33.9 Å². The number of pyridine rings is 1. The van der Waals surface area contributed by atoms with Crippen molar-refractivity contribution in [2.45, 2.75) is 56.9 Å². The maximum Gasteiger partial charge on any atom is 0.475 e. The first-order valence-corrected chi connectivity index (χ1v) is 21.2. The van der Waals surface area contributed by atoms with E-state index in [0.717, 1.165) is 36.1 Å². The van der Waals surface area contributed by atoms with Crippen molar-refractivity contribution in [2.24, 2.45) is 5.92 Å². The highest BCUT2D eigenvalue weighted by Crippen LogP contribution is 2.52. The lowest BCUT2D eigenvalue weighted by Gasteiger charge is -2.36. The molecule has 5 aromatic rings. The van der Waals surface area contributed by atoms with Gasteiger partial charge in [0.15, 0.2) is 23.1 Å². The number of phosphoric ester groups is 1. The molecule has 61 heavy (non-hydrogen) atoms. The van der Waals surface area contributed by atoms with Gasteiger partial charge in [0.2, 0.25) is 5.43 Å². The third-order valence-corrected chi connectivity index (χ3v) is 12.5. The number of benzene rings is 4. The summed E-state index contributed by atoms with van der Waals surface area (Å²) in [6.45, 7) is -0.635. The van der Waals surface area contributed by atoms with Crippen LogP contribution in [0.15, 0.2) is 95.9 Å². The van der Waals surface area contributed by atoms with Crippen LogP contribution in [0.5, 0.6) is 11.5 Å². The summed E-state index contributed by atoms with van der Waals surface area (Å²) in [5, 5.41) is 21.0. The number of carbonyl (C=O) groups excluding carboxylic acids is 1. The van der Waals surface area contributed by atoms with Gasteiger partial charge in [-0.1, -0.05) is 60.7 Å². The minimum Gasteiger partial charge on any atom is -0.490 e. The summed E-state index contributed by atoms with van der Waals surface area (Å²) in [5.74, 6) is -3.80. The summed E-state index contributed by atoms with van der Waals surface area (Å²) < 4.78 is 81.2. The van der Waals surface area contributed by atoms with Gasteiger partial charge in [0.05, 0.1) is 55.6 Å². The Balaban J connectivity index is 0.846. The summed E-state index contributed by atoms with van der Waals surface area (Å²) >= 11 is 0. The number of hydrogen-bond acceptors (Lipinski definition) is 12. The molecule has 3 aliphatic heterocycles. The predicted octanol–water partition coefficient (Wildman–Crippen LogP) is 7.18. The average molecular weight is 860 g/mol. The smallest absolute Gasteiger partial charge is 0.475 e. The number of halogens is 2. The molecule has 4 aliphatic rings.